The number of hydrogen-bond donors (Lipinski definition) is 0. The van der Waals surface area contributed by atoms with Gasteiger partial charge in [-0.15, -0.1) is 0 Å². The molecule has 0 radical (unpaired) electrons. The second-order valence-corrected chi connectivity index (χ2v) is 9.99. The molecule has 4 saturated carbocycles. The van der Waals surface area contributed by atoms with Crippen LogP contribution in [0.3, 0.4) is 0 Å². The lowest BCUT2D eigenvalue weighted by Crippen LogP contribution is -1.85. The highest BCUT2D eigenvalue weighted by Gasteiger charge is 2.17. The molecular formula is C29H52. The van der Waals surface area contributed by atoms with Crippen LogP contribution < -0.4 is 0 Å². The topological polar surface area (TPSA) is 0 Å². The summed E-state index contributed by atoms with van der Waals surface area (Å²) in [4.78, 5) is 0. The summed E-state index contributed by atoms with van der Waals surface area (Å²) in [5.41, 5.74) is 1.41. The molecular weight excluding hydrogens is 348 g/mol. The predicted octanol–water partition coefficient (Wildman–Crippen LogP) is 10.3. The normalized spacial score (nSPS) is 19.9. The van der Waals surface area contributed by atoms with Crippen molar-refractivity contribution in [1.29, 1.82) is 0 Å². The molecule has 0 nitrogen and oxygen atoms in total. The molecule has 0 atom stereocenters. The first-order valence-corrected chi connectivity index (χ1v) is 13.2. The zero-order chi connectivity index (χ0) is 21.2. The van der Waals surface area contributed by atoms with Crippen molar-refractivity contribution < 1.29 is 0 Å². The molecule has 0 amide bonds. The molecule has 4 aliphatic carbocycles. The van der Waals surface area contributed by atoms with Gasteiger partial charge in [-0.2, -0.15) is 0 Å². The van der Waals surface area contributed by atoms with Crippen LogP contribution in [-0.2, 0) is 0 Å². The van der Waals surface area contributed by atoms with Crippen LogP contribution in [0.5, 0.6) is 0 Å². The highest BCUT2D eigenvalue weighted by atomic mass is 14.2. The van der Waals surface area contributed by atoms with E-state index in [0.717, 1.165) is 11.8 Å². The molecule has 0 saturated heterocycles. The standard InChI is InChI=1S/C9H12.C6H12.2C5H10.C4H8/c1-8(2)9-6-4-3-5-7-9;1-2-4-6-5-3-1;1-2-5-3-4-5;1-2-4-5-3-1;1-4-2-3-4/h3-8H,1-2H3;1-6H2;5H,2-4H2,1H3;1-5H2;4H,2-3H2,1H3. The van der Waals surface area contributed by atoms with Crippen LogP contribution in [0.2, 0.25) is 0 Å². The molecule has 0 bridgehead atoms. The zero-order valence-corrected chi connectivity index (χ0v) is 20.4. The number of rotatable bonds is 2. The Labute approximate surface area is 184 Å². The molecule has 0 heteroatoms. The summed E-state index contributed by atoms with van der Waals surface area (Å²) in [6, 6.07) is 10.5. The maximum atomic E-state index is 2.28. The van der Waals surface area contributed by atoms with E-state index in [2.05, 4.69) is 52.0 Å². The fraction of sp³-hybridized carbons (Fsp3) is 0.793. The van der Waals surface area contributed by atoms with Crippen LogP contribution >= 0.6 is 0 Å². The van der Waals surface area contributed by atoms with Crippen molar-refractivity contribution in [3.05, 3.63) is 35.9 Å². The summed E-state index contributed by atoms with van der Waals surface area (Å²) in [6.45, 7) is 8.95. The third-order valence-corrected chi connectivity index (χ3v) is 6.36. The monoisotopic (exact) mass is 400 g/mol. The maximum absolute atomic E-state index is 2.28. The van der Waals surface area contributed by atoms with Gasteiger partial charge in [0.05, 0.1) is 0 Å². The molecule has 0 aliphatic heterocycles. The summed E-state index contributed by atoms with van der Waals surface area (Å²) in [6.07, 6.45) is 23.9. The predicted molar refractivity (Wildman–Crippen MR) is 133 cm³/mol. The van der Waals surface area contributed by atoms with Crippen LogP contribution in [-0.4, -0.2) is 0 Å². The van der Waals surface area contributed by atoms with Crippen LogP contribution in [0.1, 0.15) is 142 Å². The van der Waals surface area contributed by atoms with Gasteiger partial charge in [0.2, 0.25) is 0 Å². The average Bonchev–Trinajstić information content (AvgIpc) is 3.71. The van der Waals surface area contributed by atoms with Crippen LogP contribution in [0.15, 0.2) is 30.3 Å². The molecule has 4 aliphatic rings. The summed E-state index contributed by atoms with van der Waals surface area (Å²) in [5, 5.41) is 0. The van der Waals surface area contributed by atoms with Crippen molar-refractivity contribution in [2.45, 2.75) is 136 Å². The largest absolute Gasteiger partial charge is 0.0651 e. The molecule has 0 N–H and O–H groups in total. The highest BCUT2D eigenvalue weighted by molar-refractivity contribution is 5.17. The Balaban J connectivity index is 0.000000187. The third kappa shape index (κ3) is 19.0. The second kappa shape index (κ2) is 18.0. The van der Waals surface area contributed by atoms with E-state index >= 15 is 0 Å². The minimum Gasteiger partial charge on any atom is -0.0651 e. The Bertz CT molecular complexity index is 411. The van der Waals surface area contributed by atoms with Crippen LogP contribution in [0, 0.1) is 11.8 Å². The number of benzene rings is 1. The third-order valence-electron chi connectivity index (χ3n) is 6.36. The van der Waals surface area contributed by atoms with Gasteiger partial charge >= 0.3 is 0 Å². The van der Waals surface area contributed by atoms with Gasteiger partial charge < -0.3 is 0 Å². The van der Waals surface area contributed by atoms with Crippen LogP contribution in [0.4, 0.5) is 0 Å². The molecule has 1 aromatic carbocycles. The fourth-order valence-electron chi connectivity index (χ4n) is 3.48. The van der Waals surface area contributed by atoms with Crippen molar-refractivity contribution in [3.63, 3.8) is 0 Å². The van der Waals surface area contributed by atoms with Crippen molar-refractivity contribution in [2.75, 3.05) is 0 Å². The molecule has 0 aromatic heterocycles. The SMILES string of the molecule is C1CCCC1.C1CCCCC1.CC(C)c1ccccc1.CC1CC1.CCC1CC1. The molecule has 0 unspecified atom stereocenters. The van der Waals surface area contributed by atoms with E-state index in [0.29, 0.717) is 5.92 Å². The smallest absolute Gasteiger partial charge is 0.0219 e. The molecule has 1 aromatic rings. The van der Waals surface area contributed by atoms with Gasteiger partial charge in [-0.3, -0.25) is 0 Å². The van der Waals surface area contributed by atoms with E-state index in [-0.39, 0.29) is 0 Å². The molecule has 168 valence electrons. The quantitative estimate of drug-likeness (QED) is 0.463. The van der Waals surface area contributed by atoms with Crippen molar-refractivity contribution >= 4 is 0 Å². The van der Waals surface area contributed by atoms with Crippen molar-refractivity contribution in [1.82, 2.24) is 0 Å². The summed E-state index contributed by atoms with van der Waals surface area (Å²) < 4.78 is 0. The lowest BCUT2D eigenvalue weighted by Gasteiger charge is -2.05. The first-order valence-electron chi connectivity index (χ1n) is 13.2. The van der Waals surface area contributed by atoms with Gasteiger partial charge in [0, 0.05) is 0 Å². The van der Waals surface area contributed by atoms with Gasteiger partial charge in [0.15, 0.2) is 0 Å². The highest BCUT2D eigenvalue weighted by Crippen LogP contribution is 2.31. The van der Waals surface area contributed by atoms with Gasteiger partial charge in [-0.1, -0.05) is 161 Å². The van der Waals surface area contributed by atoms with E-state index in [1.807, 2.05) is 6.07 Å². The summed E-state index contributed by atoms with van der Waals surface area (Å²) >= 11 is 0. The van der Waals surface area contributed by atoms with E-state index in [1.165, 1.54) is 108 Å². The Morgan fingerprint density at radius 3 is 1.14 bits per heavy atom. The zero-order valence-electron chi connectivity index (χ0n) is 20.4. The molecule has 29 heavy (non-hydrogen) atoms. The first kappa shape index (κ1) is 26.3. The Morgan fingerprint density at radius 2 is 1.00 bits per heavy atom. The van der Waals surface area contributed by atoms with E-state index in [9.17, 15) is 0 Å². The van der Waals surface area contributed by atoms with E-state index in [1.54, 1.807) is 0 Å². The van der Waals surface area contributed by atoms with Crippen LogP contribution in [0.25, 0.3) is 0 Å². The van der Waals surface area contributed by atoms with E-state index in [4.69, 9.17) is 0 Å². The summed E-state index contributed by atoms with van der Waals surface area (Å²) in [7, 11) is 0. The van der Waals surface area contributed by atoms with E-state index < -0.39 is 0 Å². The fourth-order valence-corrected chi connectivity index (χ4v) is 3.48. The van der Waals surface area contributed by atoms with Gasteiger partial charge in [-0.05, 0) is 23.3 Å². The molecule has 0 heterocycles. The lowest BCUT2D eigenvalue weighted by atomic mass is 10.0. The van der Waals surface area contributed by atoms with Gasteiger partial charge in [0.1, 0.15) is 0 Å². The number of hydrogen-bond acceptors (Lipinski definition) is 0. The Hall–Kier alpha value is -0.780. The average molecular weight is 401 g/mol. The first-order chi connectivity index (χ1) is 14.1. The lowest BCUT2D eigenvalue weighted by molar-refractivity contribution is 0.504. The molecule has 5 rings (SSSR count). The van der Waals surface area contributed by atoms with Crippen molar-refractivity contribution in [2.24, 2.45) is 11.8 Å². The second-order valence-electron chi connectivity index (χ2n) is 9.99. The maximum Gasteiger partial charge on any atom is -0.0219 e. The minimum atomic E-state index is 0.659. The van der Waals surface area contributed by atoms with Gasteiger partial charge in [-0.25, -0.2) is 0 Å². The Morgan fingerprint density at radius 1 is 0.655 bits per heavy atom. The van der Waals surface area contributed by atoms with Crippen molar-refractivity contribution in [3.8, 4) is 0 Å². The van der Waals surface area contributed by atoms with Gasteiger partial charge in [0.25, 0.3) is 0 Å². The molecule has 0 spiro atoms. The minimum absolute atomic E-state index is 0.659. The summed E-state index contributed by atoms with van der Waals surface area (Å²) in [5.74, 6) is 2.88. The molecule has 4 fully saturated rings. The Kier molecular flexibility index (Phi) is 16.3.